The van der Waals surface area contributed by atoms with E-state index in [0.717, 1.165) is 11.8 Å². The van der Waals surface area contributed by atoms with Gasteiger partial charge in [-0.3, -0.25) is 0 Å². The van der Waals surface area contributed by atoms with Crippen molar-refractivity contribution in [1.82, 2.24) is 5.32 Å². The van der Waals surface area contributed by atoms with Gasteiger partial charge < -0.3 is 10.1 Å². The summed E-state index contributed by atoms with van der Waals surface area (Å²) in [6.45, 7) is 11.1. The maximum Gasteiger partial charge on any atom is 0.0737 e. The van der Waals surface area contributed by atoms with Crippen LogP contribution in [0.3, 0.4) is 0 Å². The lowest BCUT2D eigenvalue weighted by molar-refractivity contribution is -0.0975. The third kappa shape index (κ3) is 4.06. The van der Waals surface area contributed by atoms with Crippen molar-refractivity contribution in [3.05, 3.63) is 0 Å². The Balaban J connectivity index is 2.60. The summed E-state index contributed by atoms with van der Waals surface area (Å²) >= 11 is 0. The van der Waals surface area contributed by atoms with Crippen LogP contribution < -0.4 is 5.32 Å². The Kier molecular flexibility index (Phi) is 4.81. The van der Waals surface area contributed by atoms with Gasteiger partial charge in [0.2, 0.25) is 0 Å². The average molecular weight is 227 g/mol. The van der Waals surface area contributed by atoms with Crippen molar-refractivity contribution < 1.29 is 4.74 Å². The second-order valence-electron chi connectivity index (χ2n) is 6.48. The van der Waals surface area contributed by atoms with E-state index < -0.39 is 0 Å². The van der Waals surface area contributed by atoms with Gasteiger partial charge in [0.05, 0.1) is 11.7 Å². The molecule has 0 heterocycles. The topological polar surface area (TPSA) is 21.3 Å². The van der Waals surface area contributed by atoms with E-state index >= 15 is 0 Å². The lowest BCUT2D eigenvalue weighted by atomic mass is 9.78. The standard InChI is InChI=1S/C14H29NO/c1-10(2)11-7-8-12(15-6)13(9-11)16-14(3,4)5/h10-13,15H,7-9H2,1-6H3. The molecule has 16 heavy (non-hydrogen) atoms. The quantitative estimate of drug-likeness (QED) is 0.799. The molecule has 0 saturated heterocycles. The zero-order valence-corrected chi connectivity index (χ0v) is 11.8. The first kappa shape index (κ1) is 14.0. The third-order valence-corrected chi connectivity index (χ3v) is 3.65. The monoisotopic (exact) mass is 227 g/mol. The minimum atomic E-state index is -0.0291. The molecule has 1 fully saturated rings. The summed E-state index contributed by atoms with van der Waals surface area (Å²) in [4.78, 5) is 0. The summed E-state index contributed by atoms with van der Waals surface area (Å²) in [7, 11) is 2.05. The van der Waals surface area contributed by atoms with Gasteiger partial charge in [-0.2, -0.15) is 0 Å². The van der Waals surface area contributed by atoms with Gasteiger partial charge in [-0.25, -0.2) is 0 Å². The van der Waals surface area contributed by atoms with Gasteiger partial charge in [0.15, 0.2) is 0 Å². The van der Waals surface area contributed by atoms with Gasteiger partial charge in [-0.1, -0.05) is 13.8 Å². The van der Waals surface area contributed by atoms with Gasteiger partial charge in [-0.15, -0.1) is 0 Å². The molecule has 1 aliphatic rings. The van der Waals surface area contributed by atoms with Crippen molar-refractivity contribution in [1.29, 1.82) is 0 Å². The first-order chi connectivity index (χ1) is 7.33. The van der Waals surface area contributed by atoms with E-state index in [2.05, 4.69) is 47.0 Å². The average Bonchev–Trinajstić information content (AvgIpc) is 2.15. The van der Waals surface area contributed by atoms with Crippen LogP contribution in [0, 0.1) is 11.8 Å². The van der Waals surface area contributed by atoms with Crippen molar-refractivity contribution in [3.63, 3.8) is 0 Å². The van der Waals surface area contributed by atoms with Crippen LogP contribution in [-0.2, 0) is 4.74 Å². The SMILES string of the molecule is CNC1CCC(C(C)C)CC1OC(C)(C)C. The largest absolute Gasteiger partial charge is 0.371 e. The summed E-state index contributed by atoms with van der Waals surface area (Å²) < 4.78 is 6.20. The van der Waals surface area contributed by atoms with Crippen LogP contribution >= 0.6 is 0 Å². The lowest BCUT2D eigenvalue weighted by Gasteiger charge is -2.40. The van der Waals surface area contributed by atoms with Crippen molar-refractivity contribution in [2.24, 2.45) is 11.8 Å². The number of nitrogens with one attached hydrogen (secondary N) is 1. The van der Waals surface area contributed by atoms with Gasteiger partial charge in [0.1, 0.15) is 0 Å². The van der Waals surface area contributed by atoms with Crippen LogP contribution in [0.1, 0.15) is 53.9 Å². The molecule has 0 aromatic carbocycles. The van der Waals surface area contributed by atoms with E-state index in [1.807, 2.05) is 0 Å². The van der Waals surface area contributed by atoms with E-state index in [1.165, 1.54) is 19.3 Å². The fourth-order valence-electron chi connectivity index (χ4n) is 2.68. The Bertz CT molecular complexity index is 207. The number of rotatable bonds is 3. The predicted octanol–water partition coefficient (Wildman–Crippen LogP) is 3.21. The molecule has 0 aromatic heterocycles. The molecule has 0 bridgehead atoms. The summed E-state index contributed by atoms with van der Waals surface area (Å²) in [6, 6.07) is 0.536. The highest BCUT2D eigenvalue weighted by atomic mass is 16.5. The Morgan fingerprint density at radius 3 is 2.25 bits per heavy atom. The normalized spacial score (nSPS) is 32.1. The van der Waals surface area contributed by atoms with Crippen LogP contribution in [0.5, 0.6) is 0 Å². The van der Waals surface area contributed by atoms with Crippen molar-refractivity contribution in [2.45, 2.75) is 71.6 Å². The van der Waals surface area contributed by atoms with E-state index in [-0.39, 0.29) is 5.60 Å². The molecule has 0 aromatic rings. The summed E-state index contributed by atoms with van der Waals surface area (Å²) in [5.41, 5.74) is -0.0291. The van der Waals surface area contributed by atoms with Crippen LogP contribution in [0.2, 0.25) is 0 Å². The molecule has 0 radical (unpaired) electrons. The minimum Gasteiger partial charge on any atom is -0.371 e. The Labute approximate surface area is 101 Å². The van der Waals surface area contributed by atoms with Gasteiger partial charge in [0, 0.05) is 6.04 Å². The lowest BCUT2D eigenvalue weighted by Crippen LogP contribution is -2.47. The number of ether oxygens (including phenoxy) is 1. The first-order valence-electron chi connectivity index (χ1n) is 6.68. The molecule has 3 unspecified atom stereocenters. The molecule has 96 valence electrons. The smallest absolute Gasteiger partial charge is 0.0737 e. The second kappa shape index (κ2) is 5.50. The molecule has 1 saturated carbocycles. The maximum absolute atomic E-state index is 6.20. The molecule has 2 heteroatoms. The third-order valence-electron chi connectivity index (χ3n) is 3.65. The van der Waals surface area contributed by atoms with Gasteiger partial charge >= 0.3 is 0 Å². The van der Waals surface area contributed by atoms with Crippen molar-refractivity contribution in [3.8, 4) is 0 Å². The molecule has 0 spiro atoms. The predicted molar refractivity (Wildman–Crippen MR) is 69.7 cm³/mol. The molecule has 1 N–H and O–H groups in total. The highest BCUT2D eigenvalue weighted by Crippen LogP contribution is 2.33. The second-order valence-corrected chi connectivity index (χ2v) is 6.48. The summed E-state index contributed by atoms with van der Waals surface area (Å²) in [6.07, 6.45) is 4.18. The molecule has 2 nitrogen and oxygen atoms in total. The van der Waals surface area contributed by atoms with Crippen molar-refractivity contribution >= 4 is 0 Å². The van der Waals surface area contributed by atoms with E-state index in [0.29, 0.717) is 12.1 Å². The summed E-state index contributed by atoms with van der Waals surface area (Å²) in [5.74, 6) is 1.61. The van der Waals surface area contributed by atoms with Crippen LogP contribution in [0.25, 0.3) is 0 Å². The molecule has 1 aliphatic carbocycles. The fraction of sp³-hybridized carbons (Fsp3) is 1.00. The van der Waals surface area contributed by atoms with Gasteiger partial charge in [-0.05, 0) is 58.9 Å². The van der Waals surface area contributed by atoms with Crippen molar-refractivity contribution in [2.75, 3.05) is 7.05 Å². The van der Waals surface area contributed by atoms with E-state index in [4.69, 9.17) is 4.74 Å². The minimum absolute atomic E-state index is 0.0291. The van der Waals surface area contributed by atoms with E-state index in [9.17, 15) is 0 Å². The Hall–Kier alpha value is -0.0800. The molecule has 0 amide bonds. The van der Waals surface area contributed by atoms with E-state index in [1.54, 1.807) is 0 Å². The van der Waals surface area contributed by atoms with Crippen LogP contribution in [-0.4, -0.2) is 24.8 Å². The first-order valence-corrected chi connectivity index (χ1v) is 6.68. The number of hydrogen-bond donors (Lipinski definition) is 1. The molecular formula is C14H29NO. The number of hydrogen-bond acceptors (Lipinski definition) is 2. The molecule has 3 atom stereocenters. The van der Waals surface area contributed by atoms with Crippen LogP contribution in [0.15, 0.2) is 0 Å². The fourth-order valence-corrected chi connectivity index (χ4v) is 2.68. The maximum atomic E-state index is 6.20. The van der Waals surface area contributed by atoms with Gasteiger partial charge in [0.25, 0.3) is 0 Å². The zero-order valence-electron chi connectivity index (χ0n) is 11.8. The highest BCUT2D eigenvalue weighted by Gasteiger charge is 2.33. The highest BCUT2D eigenvalue weighted by molar-refractivity contribution is 4.87. The molecular weight excluding hydrogens is 198 g/mol. The van der Waals surface area contributed by atoms with Crippen LogP contribution in [0.4, 0.5) is 0 Å². The molecule has 1 rings (SSSR count). The Morgan fingerprint density at radius 1 is 1.19 bits per heavy atom. The Morgan fingerprint density at radius 2 is 1.81 bits per heavy atom. The summed E-state index contributed by atoms with van der Waals surface area (Å²) in [5, 5.41) is 3.41. The number of likely N-dealkylation sites (N-methyl/N-ethyl adjacent to an activating group) is 1. The molecule has 0 aliphatic heterocycles. The zero-order chi connectivity index (χ0) is 12.3.